The van der Waals surface area contributed by atoms with Gasteiger partial charge in [-0.1, -0.05) is 138 Å². The minimum atomic E-state index is 0.264. The predicted octanol–water partition coefficient (Wildman–Crippen LogP) is 13.5. The number of allylic oxidation sites excluding steroid dienone is 1. The van der Waals surface area contributed by atoms with Gasteiger partial charge in [0, 0.05) is 41.2 Å². The Balaban J connectivity index is 0.000000335. The molecule has 0 atom stereocenters. The third-order valence-corrected chi connectivity index (χ3v) is 9.22. The van der Waals surface area contributed by atoms with Crippen LogP contribution in [0.2, 0.25) is 0 Å². The number of aryl methyl sites for hydroxylation is 2. The molecule has 0 amide bonds. The highest BCUT2D eigenvalue weighted by Crippen LogP contribution is 2.21. The number of rotatable bonds is 24. The Morgan fingerprint density at radius 3 is 1.26 bits per heavy atom. The highest BCUT2D eigenvalue weighted by Gasteiger charge is 2.04. The van der Waals surface area contributed by atoms with Crippen molar-refractivity contribution in [2.75, 3.05) is 11.9 Å². The Morgan fingerprint density at radius 1 is 0.547 bits per heavy atom. The van der Waals surface area contributed by atoms with Crippen LogP contribution in [-0.2, 0) is 12.8 Å². The Morgan fingerprint density at radius 2 is 0.906 bits per heavy atom. The van der Waals surface area contributed by atoms with Gasteiger partial charge in [0.05, 0.1) is 0 Å². The van der Waals surface area contributed by atoms with Crippen LogP contribution >= 0.6 is 15.9 Å². The summed E-state index contributed by atoms with van der Waals surface area (Å²) in [5.41, 5.74) is 4.38. The van der Waals surface area contributed by atoms with E-state index in [2.05, 4.69) is 62.9 Å². The first-order valence-electron chi connectivity index (χ1n) is 20.0. The Kier molecular flexibility index (Phi) is 26.2. The van der Waals surface area contributed by atoms with Crippen molar-refractivity contribution in [3.05, 3.63) is 110 Å². The predicted molar refractivity (Wildman–Crippen MR) is 229 cm³/mol. The maximum atomic E-state index is 9.31. The minimum Gasteiger partial charge on any atom is -0.508 e. The SMILES string of the molecule is C=CCBr.C=CCOc1ccc(-c2ncc(CCCCCCCCCC)cn2)cc1.CCCCCCCCCCc1cnc(-c2ccc(O)cc2)nc1. The number of phenols is 1. The van der Waals surface area contributed by atoms with Crippen LogP contribution in [0.4, 0.5) is 0 Å². The molecule has 2 aromatic carbocycles. The molecule has 0 unspecified atom stereocenters. The van der Waals surface area contributed by atoms with E-state index in [0.29, 0.717) is 12.4 Å². The molecule has 0 aliphatic carbocycles. The number of unbranched alkanes of at least 4 members (excludes halogenated alkanes) is 14. The van der Waals surface area contributed by atoms with Crippen LogP contribution in [0.25, 0.3) is 22.8 Å². The number of alkyl halides is 1. The number of benzene rings is 2. The second-order valence-corrected chi connectivity index (χ2v) is 14.0. The van der Waals surface area contributed by atoms with E-state index in [1.54, 1.807) is 24.3 Å². The fourth-order valence-electron chi connectivity index (χ4n) is 5.66. The average Bonchev–Trinajstić information content (AvgIpc) is 3.20. The lowest BCUT2D eigenvalue weighted by Gasteiger charge is -2.06. The van der Waals surface area contributed by atoms with E-state index in [0.717, 1.165) is 40.9 Å². The summed E-state index contributed by atoms with van der Waals surface area (Å²) in [6.07, 6.45) is 34.9. The summed E-state index contributed by atoms with van der Waals surface area (Å²) in [7, 11) is 0. The van der Waals surface area contributed by atoms with E-state index in [-0.39, 0.29) is 5.75 Å². The Labute approximate surface area is 329 Å². The van der Waals surface area contributed by atoms with Gasteiger partial charge in [0.1, 0.15) is 18.1 Å². The van der Waals surface area contributed by atoms with Crippen molar-refractivity contribution in [2.45, 2.75) is 129 Å². The summed E-state index contributed by atoms with van der Waals surface area (Å²) < 4.78 is 5.50. The number of ether oxygens (including phenoxy) is 1. The molecular weight excluding hydrogens is 720 g/mol. The molecule has 0 saturated carbocycles. The summed E-state index contributed by atoms with van der Waals surface area (Å²) >= 11 is 3.13. The molecule has 288 valence electrons. The van der Waals surface area contributed by atoms with Gasteiger partial charge in [-0.15, -0.1) is 6.58 Å². The second kappa shape index (κ2) is 30.6. The lowest BCUT2D eigenvalue weighted by molar-refractivity contribution is 0.363. The molecule has 0 bridgehead atoms. The van der Waals surface area contributed by atoms with Gasteiger partial charge in [-0.2, -0.15) is 0 Å². The number of aromatic nitrogens is 4. The van der Waals surface area contributed by atoms with Crippen LogP contribution in [0.1, 0.15) is 128 Å². The molecule has 4 rings (SSSR count). The summed E-state index contributed by atoms with van der Waals surface area (Å²) in [5.74, 6) is 2.57. The molecule has 1 N–H and O–H groups in total. The van der Waals surface area contributed by atoms with Crippen molar-refractivity contribution in [3.63, 3.8) is 0 Å². The average molecular weight is 786 g/mol. The lowest BCUT2D eigenvalue weighted by Crippen LogP contribution is -1.95. The maximum absolute atomic E-state index is 9.31. The van der Waals surface area contributed by atoms with Crippen molar-refractivity contribution in [1.82, 2.24) is 19.9 Å². The van der Waals surface area contributed by atoms with Gasteiger partial charge >= 0.3 is 0 Å². The molecule has 0 aliphatic rings. The Bertz CT molecular complexity index is 1460. The molecule has 0 saturated heterocycles. The second-order valence-electron chi connectivity index (χ2n) is 13.4. The standard InChI is InChI=1S/C23H32N2O.C20H28N2O.C3H5Br/c1-3-5-6-7-8-9-10-11-12-20-18-24-23(25-19-20)21-13-15-22(16-14-21)26-17-4-2;1-2-3-4-5-6-7-8-9-10-17-15-21-20(22-16-17)18-11-13-19(23)14-12-18;1-2-3-4/h4,13-16,18-19H,2-3,5-12,17H2,1H3;11-16,23H,2-10H2,1H3;2H,1,3H2. The van der Waals surface area contributed by atoms with E-state index in [1.807, 2.05) is 61.2 Å². The van der Waals surface area contributed by atoms with Gasteiger partial charge in [-0.3, -0.25) is 0 Å². The Hall–Kier alpha value is -3.84. The molecule has 2 aromatic heterocycles. The number of nitrogens with zero attached hydrogens (tertiary/aromatic N) is 4. The van der Waals surface area contributed by atoms with Gasteiger partial charge in [0.15, 0.2) is 11.6 Å². The molecule has 0 radical (unpaired) electrons. The third-order valence-electron chi connectivity index (χ3n) is 8.76. The van der Waals surface area contributed by atoms with E-state index >= 15 is 0 Å². The molecule has 7 heteroatoms. The van der Waals surface area contributed by atoms with E-state index in [1.165, 1.54) is 114 Å². The van der Waals surface area contributed by atoms with Gasteiger partial charge in [0.25, 0.3) is 0 Å². The van der Waals surface area contributed by atoms with E-state index in [4.69, 9.17) is 4.74 Å². The van der Waals surface area contributed by atoms with Crippen LogP contribution in [0.15, 0.2) is 98.6 Å². The van der Waals surface area contributed by atoms with Crippen LogP contribution < -0.4 is 4.74 Å². The fourth-order valence-corrected chi connectivity index (χ4v) is 5.66. The topological polar surface area (TPSA) is 81.0 Å². The smallest absolute Gasteiger partial charge is 0.159 e. The first-order valence-corrected chi connectivity index (χ1v) is 21.1. The highest BCUT2D eigenvalue weighted by molar-refractivity contribution is 9.09. The molecular formula is C46H65BrN4O2. The van der Waals surface area contributed by atoms with Crippen molar-refractivity contribution in [1.29, 1.82) is 0 Å². The quantitative estimate of drug-likeness (QED) is 0.0433. The summed E-state index contributed by atoms with van der Waals surface area (Å²) in [5, 5.41) is 10.2. The molecule has 0 spiro atoms. The number of phenolic OH excluding ortho intramolecular Hbond substituents is 1. The number of aromatic hydroxyl groups is 1. The zero-order valence-corrected chi connectivity index (χ0v) is 34.2. The first kappa shape index (κ1) is 45.3. The molecule has 4 aromatic rings. The summed E-state index contributed by atoms with van der Waals surface area (Å²) in [6, 6.07) is 14.9. The third kappa shape index (κ3) is 21.5. The fraction of sp³-hybridized carbons (Fsp3) is 0.478. The monoisotopic (exact) mass is 784 g/mol. The van der Waals surface area contributed by atoms with Gasteiger partial charge < -0.3 is 9.84 Å². The van der Waals surface area contributed by atoms with Crippen LogP contribution in [0, 0.1) is 0 Å². The largest absolute Gasteiger partial charge is 0.508 e. The molecule has 2 heterocycles. The zero-order chi connectivity index (χ0) is 38.2. The molecule has 0 aliphatic heterocycles. The number of hydrogen-bond acceptors (Lipinski definition) is 6. The van der Waals surface area contributed by atoms with Crippen LogP contribution in [0.5, 0.6) is 11.5 Å². The minimum absolute atomic E-state index is 0.264. The normalized spacial score (nSPS) is 10.4. The maximum Gasteiger partial charge on any atom is 0.159 e. The van der Waals surface area contributed by atoms with Crippen LogP contribution in [0.3, 0.4) is 0 Å². The van der Waals surface area contributed by atoms with Crippen molar-refractivity contribution in [2.24, 2.45) is 0 Å². The summed E-state index contributed by atoms with van der Waals surface area (Å²) in [4.78, 5) is 17.9. The molecule has 6 nitrogen and oxygen atoms in total. The van der Waals surface area contributed by atoms with Crippen molar-refractivity contribution in [3.8, 4) is 34.3 Å². The van der Waals surface area contributed by atoms with E-state index in [9.17, 15) is 5.11 Å². The van der Waals surface area contributed by atoms with Crippen molar-refractivity contribution >= 4 is 15.9 Å². The van der Waals surface area contributed by atoms with E-state index < -0.39 is 0 Å². The highest BCUT2D eigenvalue weighted by atomic mass is 79.9. The summed E-state index contributed by atoms with van der Waals surface area (Å²) in [6.45, 7) is 12.1. The molecule has 0 fully saturated rings. The number of halogens is 1. The lowest BCUT2D eigenvalue weighted by atomic mass is 10.1. The zero-order valence-electron chi connectivity index (χ0n) is 32.7. The van der Waals surface area contributed by atoms with Crippen molar-refractivity contribution < 1.29 is 9.84 Å². The van der Waals surface area contributed by atoms with Gasteiger partial charge in [-0.25, -0.2) is 19.9 Å². The number of hydrogen-bond donors (Lipinski definition) is 1. The van der Waals surface area contributed by atoms with Gasteiger partial charge in [-0.05, 0) is 85.3 Å². The molecule has 53 heavy (non-hydrogen) atoms. The van der Waals surface area contributed by atoms with Crippen LogP contribution in [-0.4, -0.2) is 37.0 Å². The van der Waals surface area contributed by atoms with Gasteiger partial charge in [0.2, 0.25) is 0 Å². The first-order chi connectivity index (χ1) is 26.0.